The van der Waals surface area contributed by atoms with Gasteiger partial charge in [0.15, 0.2) is 9.84 Å². The Morgan fingerprint density at radius 2 is 1.61 bits per heavy atom. The van der Waals surface area contributed by atoms with Crippen molar-refractivity contribution >= 4 is 25.8 Å². The van der Waals surface area contributed by atoms with Crippen LogP contribution < -0.4 is 5.32 Å². The second-order valence-corrected chi connectivity index (χ2v) is 12.1. The number of sulfone groups is 1. The molecule has 0 spiro atoms. The zero-order valence-corrected chi connectivity index (χ0v) is 19.2. The molecule has 10 heteroatoms. The minimum absolute atomic E-state index is 0.0332. The van der Waals surface area contributed by atoms with Crippen LogP contribution in [0.5, 0.6) is 0 Å². The first-order valence-corrected chi connectivity index (χ1v) is 13.1. The molecule has 0 aliphatic carbocycles. The predicted molar refractivity (Wildman–Crippen MR) is 119 cm³/mol. The average molecular weight is 466 g/mol. The van der Waals surface area contributed by atoms with E-state index in [2.05, 4.69) is 5.32 Å². The summed E-state index contributed by atoms with van der Waals surface area (Å²) < 4.78 is 49.1. The maximum atomic E-state index is 13.1. The Morgan fingerprint density at radius 1 is 1.03 bits per heavy atom. The van der Waals surface area contributed by atoms with Gasteiger partial charge in [-0.2, -0.15) is 0 Å². The van der Waals surface area contributed by atoms with E-state index in [0.717, 1.165) is 15.4 Å². The average Bonchev–Trinajstić information content (AvgIpc) is 2.74. The van der Waals surface area contributed by atoms with Crippen molar-refractivity contribution in [3.8, 4) is 0 Å². The third-order valence-corrected chi connectivity index (χ3v) is 8.71. The van der Waals surface area contributed by atoms with E-state index in [0.29, 0.717) is 13.1 Å². The summed E-state index contributed by atoms with van der Waals surface area (Å²) in [5.41, 5.74) is 1.56. The number of sulfonamides is 1. The molecule has 31 heavy (non-hydrogen) atoms. The van der Waals surface area contributed by atoms with Crippen LogP contribution in [0.4, 0.5) is 0 Å². The highest BCUT2D eigenvalue weighted by Gasteiger charge is 2.32. The highest BCUT2D eigenvalue weighted by molar-refractivity contribution is 7.91. The lowest BCUT2D eigenvalue weighted by Gasteiger charge is -2.33. The smallest absolute Gasteiger partial charge is 0.242 e. The van der Waals surface area contributed by atoms with Crippen LogP contribution >= 0.6 is 0 Å². The number of amides is 1. The van der Waals surface area contributed by atoms with E-state index in [4.69, 9.17) is 0 Å². The molecule has 1 unspecified atom stereocenters. The van der Waals surface area contributed by atoms with Gasteiger partial charge in [0, 0.05) is 33.7 Å². The summed E-state index contributed by atoms with van der Waals surface area (Å²) in [4.78, 5) is 15.2. The van der Waals surface area contributed by atoms with Crippen LogP contribution in [0.15, 0.2) is 59.5 Å². The van der Waals surface area contributed by atoms with E-state index < -0.39 is 25.9 Å². The fourth-order valence-electron chi connectivity index (χ4n) is 3.42. The second-order valence-electron chi connectivity index (χ2n) is 7.65. The Labute approximate surface area is 183 Å². The van der Waals surface area contributed by atoms with E-state index in [9.17, 15) is 21.6 Å². The molecule has 0 saturated carbocycles. The molecule has 0 radical (unpaired) electrons. The van der Waals surface area contributed by atoms with Gasteiger partial charge in [-0.1, -0.05) is 42.5 Å². The maximum Gasteiger partial charge on any atom is 0.242 e. The third kappa shape index (κ3) is 5.70. The van der Waals surface area contributed by atoms with Gasteiger partial charge in [0.1, 0.15) is 6.04 Å². The second kappa shape index (κ2) is 9.47. The highest BCUT2D eigenvalue weighted by Crippen LogP contribution is 2.23. The van der Waals surface area contributed by atoms with Crippen LogP contribution in [-0.2, 0) is 31.2 Å². The van der Waals surface area contributed by atoms with Crippen molar-refractivity contribution in [2.45, 2.75) is 17.5 Å². The lowest BCUT2D eigenvalue weighted by Crippen LogP contribution is -2.47. The standard InChI is InChI=1S/C21H27N3O5S2/c1-23(2)31(28,29)19-10-8-17(9-11-19)16-22-21(25)20(18-6-4-3-5-7-18)24-12-14-30(26,27)15-13-24/h3-11,20H,12-16H2,1-2H3,(H,22,25). The first kappa shape index (κ1) is 23.4. The lowest BCUT2D eigenvalue weighted by molar-refractivity contribution is -0.126. The molecule has 1 fully saturated rings. The van der Waals surface area contributed by atoms with Crippen LogP contribution in [0, 0.1) is 0 Å². The fraction of sp³-hybridized carbons (Fsp3) is 0.381. The molecule has 1 N–H and O–H groups in total. The molecule has 0 bridgehead atoms. The van der Waals surface area contributed by atoms with Crippen molar-refractivity contribution in [2.24, 2.45) is 0 Å². The van der Waals surface area contributed by atoms with Crippen molar-refractivity contribution < 1.29 is 21.6 Å². The van der Waals surface area contributed by atoms with Gasteiger partial charge in [0.05, 0.1) is 16.4 Å². The van der Waals surface area contributed by atoms with Crippen molar-refractivity contribution in [1.29, 1.82) is 0 Å². The number of carbonyl (C=O) groups is 1. The zero-order valence-electron chi connectivity index (χ0n) is 17.6. The number of hydrogen-bond acceptors (Lipinski definition) is 6. The molecular weight excluding hydrogens is 438 g/mol. The van der Waals surface area contributed by atoms with E-state index in [1.807, 2.05) is 35.2 Å². The number of carbonyl (C=O) groups excluding carboxylic acids is 1. The van der Waals surface area contributed by atoms with Crippen LogP contribution in [0.25, 0.3) is 0 Å². The van der Waals surface area contributed by atoms with Gasteiger partial charge < -0.3 is 5.32 Å². The van der Waals surface area contributed by atoms with Gasteiger partial charge in [-0.25, -0.2) is 21.1 Å². The van der Waals surface area contributed by atoms with Crippen LogP contribution in [-0.4, -0.2) is 70.6 Å². The van der Waals surface area contributed by atoms with Gasteiger partial charge in [0.2, 0.25) is 15.9 Å². The molecule has 8 nitrogen and oxygen atoms in total. The number of benzene rings is 2. The topological polar surface area (TPSA) is 104 Å². The maximum absolute atomic E-state index is 13.1. The van der Waals surface area contributed by atoms with Crippen LogP contribution in [0.3, 0.4) is 0 Å². The van der Waals surface area contributed by atoms with Crippen molar-refractivity contribution in [3.05, 3.63) is 65.7 Å². The summed E-state index contributed by atoms with van der Waals surface area (Å²) in [6.07, 6.45) is 0. The van der Waals surface area contributed by atoms with Crippen LogP contribution in [0.1, 0.15) is 17.2 Å². The van der Waals surface area contributed by atoms with Gasteiger partial charge >= 0.3 is 0 Å². The molecular formula is C21H27N3O5S2. The normalized spacial score (nSPS) is 17.9. The summed E-state index contributed by atoms with van der Waals surface area (Å²) in [5.74, 6) is -0.160. The molecule has 1 saturated heterocycles. The highest BCUT2D eigenvalue weighted by atomic mass is 32.2. The Kier molecular flexibility index (Phi) is 7.15. The first-order chi connectivity index (χ1) is 14.6. The summed E-state index contributed by atoms with van der Waals surface area (Å²) >= 11 is 0. The summed E-state index contributed by atoms with van der Waals surface area (Å²) in [5, 5.41) is 2.91. The molecule has 168 valence electrons. The van der Waals surface area contributed by atoms with E-state index in [-0.39, 0.29) is 28.9 Å². The molecule has 2 aromatic carbocycles. The van der Waals surface area contributed by atoms with E-state index >= 15 is 0 Å². The Morgan fingerprint density at radius 3 is 2.16 bits per heavy atom. The summed E-state index contributed by atoms with van der Waals surface area (Å²) in [6, 6.07) is 15.0. The predicted octanol–water partition coefficient (Wildman–Crippen LogP) is 1.02. The molecule has 0 aromatic heterocycles. The molecule has 1 aliphatic heterocycles. The molecule has 3 rings (SSSR count). The largest absolute Gasteiger partial charge is 0.350 e. The number of nitrogens with one attached hydrogen (secondary N) is 1. The summed E-state index contributed by atoms with van der Waals surface area (Å²) in [6.45, 7) is 0.829. The number of hydrogen-bond donors (Lipinski definition) is 1. The van der Waals surface area contributed by atoms with Crippen molar-refractivity contribution in [2.75, 3.05) is 38.7 Å². The van der Waals surface area contributed by atoms with Crippen molar-refractivity contribution in [1.82, 2.24) is 14.5 Å². The van der Waals surface area contributed by atoms with Crippen LogP contribution in [0.2, 0.25) is 0 Å². The van der Waals surface area contributed by atoms with Gasteiger partial charge in [-0.3, -0.25) is 9.69 Å². The lowest BCUT2D eigenvalue weighted by atomic mass is 10.0. The Bertz CT molecular complexity index is 1100. The number of nitrogens with zero attached hydrogens (tertiary/aromatic N) is 2. The third-order valence-electron chi connectivity index (χ3n) is 5.28. The Hall–Kier alpha value is -2.27. The molecule has 1 amide bonds. The Balaban J connectivity index is 1.72. The van der Waals surface area contributed by atoms with E-state index in [1.165, 1.54) is 26.2 Å². The summed E-state index contributed by atoms with van der Waals surface area (Å²) in [7, 11) is -3.63. The zero-order chi connectivity index (χ0) is 22.6. The molecule has 1 aliphatic rings. The molecule has 2 aromatic rings. The molecule has 1 atom stereocenters. The SMILES string of the molecule is CN(C)S(=O)(=O)c1ccc(CNC(=O)C(c2ccccc2)N2CCS(=O)(=O)CC2)cc1. The molecule has 1 heterocycles. The van der Waals surface area contributed by atoms with Crippen molar-refractivity contribution in [3.63, 3.8) is 0 Å². The quantitative estimate of drug-likeness (QED) is 0.655. The van der Waals surface area contributed by atoms with Gasteiger partial charge in [-0.15, -0.1) is 0 Å². The fourth-order valence-corrected chi connectivity index (χ4v) is 5.56. The minimum atomic E-state index is -3.51. The van der Waals surface area contributed by atoms with Gasteiger partial charge in [-0.05, 0) is 23.3 Å². The van der Waals surface area contributed by atoms with E-state index in [1.54, 1.807) is 12.1 Å². The monoisotopic (exact) mass is 465 g/mol. The number of rotatable bonds is 7. The first-order valence-electron chi connectivity index (χ1n) is 9.89. The van der Waals surface area contributed by atoms with Gasteiger partial charge in [0.25, 0.3) is 0 Å². The minimum Gasteiger partial charge on any atom is -0.350 e.